The van der Waals surface area contributed by atoms with Crippen molar-refractivity contribution in [3.05, 3.63) is 52.5 Å². The van der Waals surface area contributed by atoms with Crippen molar-refractivity contribution in [1.82, 2.24) is 0 Å². The van der Waals surface area contributed by atoms with E-state index in [0.29, 0.717) is 27.5 Å². The van der Waals surface area contributed by atoms with Crippen molar-refractivity contribution < 1.29 is 23.1 Å². The van der Waals surface area contributed by atoms with Crippen LogP contribution >= 0.6 is 11.6 Å². The Bertz CT molecular complexity index is 1050. The molecule has 0 radical (unpaired) electrons. The number of rotatable bonds is 4. The van der Waals surface area contributed by atoms with Gasteiger partial charge >= 0.3 is 5.97 Å². The summed E-state index contributed by atoms with van der Waals surface area (Å²) in [6, 6.07) is 7.96. The average molecular weight is 409 g/mol. The van der Waals surface area contributed by atoms with E-state index in [-0.39, 0.29) is 4.90 Å². The van der Waals surface area contributed by atoms with Crippen molar-refractivity contribution in [2.45, 2.75) is 30.0 Å². The van der Waals surface area contributed by atoms with Crippen LogP contribution in [0.1, 0.15) is 11.1 Å². The fourth-order valence-electron chi connectivity index (χ4n) is 3.03. The second kappa shape index (κ2) is 6.86. The Morgan fingerprint density at radius 3 is 2.41 bits per heavy atom. The van der Waals surface area contributed by atoms with E-state index in [9.17, 15) is 23.1 Å². The zero-order valence-corrected chi connectivity index (χ0v) is 16.1. The molecule has 3 N–H and O–H groups in total. The molecule has 142 valence electrons. The molecule has 1 unspecified atom stereocenters. The van der Waals surface area contributed by atoms with E-state index >= 15 is 0 Å². The first-order valence-electron chi connectivity index (χ1n) is 8.03. The highest BCUT2D eigenvalue weighted by molar-refractivity contribution is 7.93. The Morgan fingerprint density at radius 2 is 1.78 bits per heavy atom. The standard InChI is InChI=1S/C18H17ClN2O5S/c1-9-8-14(10(2)7-11(9)19)27(25,26)16(18(23)24)15-17(22)21-13-6-4-3-5-12(13)20-15/h3-8,15-16,20H,1-2H3,(H,21,22)(H,23,24)/t15?,16-/m0/s1. The van der Waals surface area contributed by atoms with Crippen LogP contribution < -0.4 is 10.6 Å². The predicted molar refractivity (Wildman–Crippen MR) is 102 cm³/mol. The number of nitrogens with one attached hydrogen (secondary N) is 2. The van der Waals surface area contributed by atoms with Gasteiger partial charge in [0.05, 0.1) is 16.3 Å². The molecule has 9 heteroatoms. The molecule has 0 saturated carbocycles. The van der Waals surface area contributed by atoms with Gasteiger partial charge in [0, 0.05) is 5.02 Å². The maximum atomic E-state index is 13.2. The Kier molecular flexibility index (Phi) is 4.88. The lowest BCUT2D eigenvalue weighted by molar-refractivity contribution is -0.138. The minimum atomic E-state index is -4.39. The fraction of sp³-hybridized carbons (Fsp3) is 0.222. The van der Waals surface area contributed by atoms with E-state index in [1.807, 2.05) is 0 Å². The lowest BCUT2D eigenvalue weighted by Crippen LogP contribution is -2.53. The molecular formula is C18H17ClN2O5S. The summed E-state index contributed by atoms with van der Waals surface area (Å²) in [5.41, 5.74) is 1.72. The van der Waals surface area contributed by atoms with Crippen LogP contribution in [0.25, 0.3) is 0 Å². The number of carbonyl (C=O) groups is 2. The van der Waals surface area contributed by atoms with Gasteiger partial charge in [-0.3, -0.25) is 9.59 Å². The first-order valence-corrected chi connectivity index (χ1v) is 9.95. The van der Waals surface area contributed by atoms with Crippen molar-refractivity contribution >= 4 is 44.7 Å². The number of halogens is 1. The number of benzene rings is 2. The summed E-state index contributed by atoms with van der Waals surface area (Å²) >= 11 is 6.02. The molecule has 7 nitrogen and oxygen atoms in total. The third-order valence-electron chi connectivity index (χ3n) is 4.42. The van der Waals surface area contributed by atoms with E-state index in [1.54, 1.807) is 31.2 Å². The topological polar surface area (TPSA) is 113 Å². The smallest absolute Gasteiger partial charge is 0.325 e. The molecule has 0 aromatic heterocycles. The van der Waals surface area contributed by atoms with Gasteiger partial charge in [0.2, 0.25) is 5.91 Å². The quantitative estimate of drug-likeness (QED) is 0.716. The zero-order chi connectivity index (χ0) is 19.9. The van der Waals surface area contributed by atoms with E-state index in [1.165, 1.54) is 19.1 Å². The molecular weight excluding hydrogens is 392 g/mol. The van der Waals surface area contributed by atoms with Crippen molar-refractivity contribution in [2.75, 3.05) is 10.6 Å². The molecule has 2 atom stereocenters. The third kappa shape index (κ3) is 3.38. The Labute approximate surface area is 161 Å². The Morgan fingerprint density at radius 1 is 1.15 bits per heavy atom. The van der Waals surface area contributed by atoms with Crippen molar-refractivity contribution in [2.24, 2.45) is 0 Å². The maximum absolute atomic E-state index is 13.2. The molecule has 0 bridgehead atoms. The van der Waals surface area contributed by atoms with Crippen molar-refractivity contribution in [1.29, 1.82) is 0 Å². The summed E-state index contributed by atoms with van der Waals surface area (Å²) in [7, 11) is -4.39. The first-order chi connectivity index (χ1) is 12.6. The molecule has 3 rings (SSSR count). The summed E-state index contributed by atoms with van der Waals surface area (Å²) in [6.07, 6.45) is 0. The first kappa shape index (κ1) is 19.2. The zero-order valence-electron chi connectivity index (χ0n) is 14.5. The second-order valence-electron chi connectivity index (χ2n) is 6.33. The molecule has 1 amide bonds. The van der Waals surface area contributed by atoms with Gasteiger partial charge in [-0.25, -0.2) is 8.42 Å². The monoisotopic (exact) mass is 408 g/mol. The number of carbonyl (C=O) groups excluding carboxylic acids is 1. The van der Waals surface area contributed by atoms with Crippen LogP contribution in [0.2, 0.25) is 5.02 Å². The van der Waals surface area contributed by atoms with Crippen LogP contribution in [0.15, 0.2) is 41.3 Å². The number of carboxylic acids is 1. The number of aryl methyl sites for hydroxylation is 2. The molecule has 0 saturated heterocycles. The third-order valence-corrected chi connectivity index (χ3v) is 7.02. The SMILES string of the molecule is Cc1cc(S(=O)(=O)[C@H](C(=O)O)C2Nc3ccccc3NC2=O)c(C)cc1Cl. The van der Waals surface area contributed by atoms with Gasteiger partial charge in [-0.1, -0.05) is 23.7 Å². The summed E-state index contributed by atoms with van der Waals surface area (Å²) in [4.78, 5) is 24.2. The van der Waals surface area contributed by atoms with Gasteiger partial charge < -0.3 is 15.7 Å². The number of para-hydroxylation sites is 2. The van der Waals surface area contributed by atoms with E-state index in [0.717, 1.165) is 0 Å². The lowest BCUT2D eigenvalue weighted by Gasteiger charge is -2.30. The maximum Gasteiger partial charge on any atom is 0.325 e. The molecule has 0 fully saturated rings. The lowest BCUT2D eigenvalue weighted by atomic mass is 10.1. The number of carboxylic acid groups (broad SMARTS) is 1. The summed E-state index contributed by atoms with van der Waals surface area (Å²) in [6.45, 7) is 3.15. The number of anilines is 2. The summed E-state index contributed by atoms with van der Waals surface area (Å²) < 4.78 is 26.3. The van der Waals surface area contributed by atoms with E-state index in [2.05, 4.69) is 10.6 Å². The van der Waals surface area contributed by atoms with Crippen molar-refractivity contribution in [3.63, 3.8) is 0 Å². The fourth-order valence-corrected chi connectivity index (χ4v) is 5.18. The number of hydrogen-bond donors (Lipinski definition) is 3. The van der Waals surface area contributed by atoms with Gasteiger partial charge in [-0.15, -0.1) is 0 Å². The van der Waals surface area contributed by atoms with Gasteiger partial charge in [0.1, 0.15) is 6.04 Å². The second-order valence-corrected chi connectivity index (χ2v) is 8.77. The van der Waals surface area contributed by atoms with Gasteiger partial charge in [0.15, 0.2) is 15.1 Å². The van der Waals surface area contributed by atoms with E-state index < -0.39 is 33.0 Å². The normalized spacial score (nSPS) is 17.4. The Hall–Kier alpha value is -2.58. The van der Waals surface area contributed by atoms with Crippen LogP contribution in [0.3, 0.4) is 0 Å². The molecule has 1 heterocycles. The van der Waals surface area contributed by atoms with Gasteiger partial charge in [-0.05, 0) is 49.2 Å². The van der Waals surface area contributed by atoms with Crippen LogP contribution in [-0.4, -0.2) is 36.7 Å². The number of sulfone groups is 1. The Balaban J connectivity index is 2.10. The number of hydrogen-bond acceptors (Lipinski definition) is 5. The number of fused-ring (bicyclic) bond motifs is 1. The largest absolute Gasteiger partial charge is 0.480 e. The summed E-state index contributed by atoms with van der Waals surface area (Å²) in [5.74, 6) is -2.35. The number of aliphatic carboxylic acids is 1. The van der Waals surface area contributed by atoms with E-state index in [4.69, 9.17) is 11.6 Å². The number of amides is 1. The molecule has 27 heavy (non-hydrogen) atoms. The van der Waals surface area contributed by atoms with Gasteiger partial charge in [-0.2, -0.15) is 0 Å². The minimum absolute atomic E-state index is 0.162. The highest BCUT2D eigenvalue weighted by atomic mass is 35.5. The molecule has 2 aromatic rings. The van der Waals surface area contributed by atoms with Gasteiger partial charge in [0.25, 0.3) is 0 Å². The molecule has 1 aliphatic rings. The highest BCUT2D eigenvalue weighted by Gasteiger charge is 2.46. The highest BCUT2D eigenvalue weighted by Crippen LogP contribution is 2.32. The minimum Gasteiger partial charge on any atom is -0.480 e. The van der Waals surface area contributed by atoms with Crippen LogP contribution in [0.5, 0.6) is 0 Å². The molecule has 0 aliphatic carbocycles. The van der Waals surface area contributed by atoms with Crippen molar-refractivity contribution in [3.8, 4) is 0 Å². The summed E-state index contributed by atoms with van der Waals surface area (Å²) in [5, 5.41) is 13.3. The van der Waals surface area contributed by atoms with Crippen LogP contribution in [-0.2, 0) is 19.4 Å². The molecule has 2 aromatic carbocycles. The van der Waals surface area contributed by atoms with Crippen LogP contribution in [0, 0.1) is 13.8 Å². The molecule has 0 spiro atoms. The van der Waals surface area contributed by atoms with Crippen LogP contribution in [0.4, 0.5) is 11.4 Å². The predicted octanol–water partition coefficient (Wildman–Crippen LogP) is 2.62. The average Bonchev–Trinajstić information content (AvgIpc) is 2.58. The molecule has 1 aliphatic heterocycles.